The van der Waals surface area contributed by atoms with E-state index in [0.29, 0.717) is 23.9 Å². The summed E-state index contributed by atoms with van der Waals surface area (Å²) in [6.45, 7) is 4.54. The summed E-state index contributed by atoms with van der Waals surface area (Å²) in [5.41, 5.74) is 0. The van der Waals surface area contributed by atoms with Gasteiger partial charge in [0.05, 0.1) is 39.9 Å². The lowest BCUT2D eigenvalue weighted by Crippen LogP contribution is -2.46. The van der Waals surface area contributed by atoms with Crippen molar-refractivity contribution < 1.29 is 32.9 Å². The number of carbonyl (C=O) groups is 1. The summed E-state index contributed by atoms with van der Waals surface area (Å²) in [4.78, 5) is 25.2. The lowest BCUT2D eigenvalue weighted by Gasteiger charge is -2.30. The number of carbonyl (C=O) groups excluding carboxylic acids is 1. The van der Waals surface area contributed by atoms with Crippen molar-refractivity contribution in [2.24, 2.45) is 0 Å². The Morgan fingerprint density at radius 2 is 0.910 bits per heavy atom. The van der Waals surface area contributed by atoms with E-state index in [1.54, 1.807) is 0 Å². The zero-order valence-electron chi connectivity index (χ0n) is 44.3. The Labute approximate surface area is 414 Å². The van der Waals surface area contributed by atoms with Gasteiger partial charge in [0.2, 0.25) is 5.91 Å². The van der Waals surface area contributed by atoms with Gasteiger partial charge in [-0.1, -0.05) is 241 Å². The molecule has 0 aromatic heterocycles. The SMILES string of the molecule is CC/C=C\C/C=C\C/C=C\C/C=C\C/C=C\C/C=C\CCCCCCCCCCCCCCCCCCCCCCC(=O)NC(COP(=O)([O-])OCC[N+](C)(C)C)C(O)CCCCCCCC. The lowest BCUT2D eigenvalue weighted by molar-refractivity contribution is -0.870. The number of phosphoric acid groups is 1. The van der Waals surface area contributed by atoms with E-state index in [0.717, 1.165) is 77.0 Å². The lowest BCUT2D eigenvalue weighted by atomic mass is 10.0. The molecule has 1 amide bonds. The molecule has 8 nitrogen and oxygen atoms in total. The number of phosphoric ester groups is 1. The predicted molar refractivity (Wildman–Crippen MR) is 288 cm³/mol. The Balaban J connectivity index is 3.77. The number of aliphatic hydroxyl groups excluding tert-OH is 1. The molecular formula is C58H107N2O6P. The molecule has 0 heterocycles. The zero-order chi connectivity index (χ0) is 49.2. The normalized spacial score (nSPS) is 14.6. The molecule has 0 radical (unpaired) electrons. The van der Waals surface area contributed by atoms with E-state index in [1.165, 1.54) is 135 Å². The summed E-state index contributed by atoms with van der Waals surface area (Å²) in [6, 6.07) is -0.797. The van der Waals surface area contributed by atoms with E-state index in [4.69, 9.17) is 9.05 Å². The minimum Gasteiger partial charge on any atom is -0.756 e. The highest BCUT2D eigenvalue weighted by molar-refractivity contribution is 7.45. The van der Waals surface area contributed by atoms with Crippen molar-refractivity contribution in [1.82, 2.24) is 5.32 Å². The van der Waals surface area contributed by atoms with Crippen molar-refractivity contribution in [3.63, 3.8) is 0 Å². The summed E-state index contributed by atoms with van der Waals surface area (Å²) < 4.78 is 23.2. The number of quaternary nitrogens is 1. The first-order valence-corrected chi connectivity index (χ1v) is 29.2. The number of amides is 1. The quantitative estimate of drug-likeness (QED) is 0.0272. The second-order valence-electron chi connectivity index (χ2n) is 19.9. The fraction of sp³-hybridized carbons (Fsp3) is 0.776. The summed E-state index contributed by atoms with van der Waals surface area (Å²) in [6.07, 6.45) is 67.1. The van der Waals surface area contributed by atoms with E-state index in [9.17, 15) is 19.4 Å². The smallest absolute Gasteiger partial charge is 0.268 e. The number of allylic oxidation sites excluding steroid dienone is 12. The average molecular weight is 959 g/mol. The van der Waals surface area contributed by atoms with Gasteiger partial charge in [0.1, 0.15) is 13.2 Å². The van der Waals surface area contributed by atoms with E-state index >= 15 is 0 Å². The van der Waals surface area contributed by atoms with E-state index in [-0.39, 0.29) is 19.1 Å². The maximum absolute atomic E-state index is 12.8. The number of aliphatic hydroxyl groups is 1. The Morgan fingerprint density at radius 3 is 1.33 bits per heavy atom. The van der Waals surface area contributed by atoms with Gasteiger partial charge in [-0.05, 0) is 64.2 Å². The zero-order valence-corrected chi connectivity index (χ0v) is 45.2. The van der Waals surface area contributed by atoms with Crippen LogP contribution in [-0.2, 0) is 18.4 Å². The van der Waals surface area contributed by atoms with Gasteiger partial charge in [-0.2, -0.15) is 0 Å². The van der Waals surface area contributed by atoms with Gasteiger partial charge in [0.25, 0.3) is 7.82 Å². The number of nitrogens with zero attached hydrogens (tertiary/aromatic N) is 1. The predicted octanol–water partition coefficient (Wildman–Crippen LogP) is 16.1. The Kier molecular flexibility index (Phi) is 47.4. The van der Waals surface area contributed by atoms with E-state index < -0.39 is 20.0 Å². The number of rotatable bonds is 50. The number of likely N-dealkylation sites (N-methyl/N-ethyl adjacent to an activating group) is 1. The molecule has 390 valence electrons. The van der Waals surface area contributed by atoms with Crippen molar-refractivity contribution in [2.75, 3.05) is 40.9 Å². The number of hydrogen-bond acceptors (Lipinski definition) is 6. The third-order valence-corrected chi connectivity index (χ3v) is 13.2. The molecule has 9 heteroatoms. The molecule has 0 spiro atoms. The third-order valence-electron chi connectivity index (χ3n) is 12.2. The number of hydrogen-bond donors (Lipinski definition) is 2. The fourth-order valence-electron chi connectivity index (χ4n) is 7.87. The largest absolute Gasteiger partial charge is 0.756 e. The van der Waals surface area contributed by atoms with Crippen LogP contribution in [0.5, 0.6) is 0 Å². The van der Waals surface area contributed by atoms with Crippen LogP contribution in [0.25, 0.3) is 0 Å². The summed E-state index contributed by atoms with van der Waals surface area (Å²) in [7, 11) is 1.30. The molecule has 3 unspecified atom stereocenters. The minimum absolute atomic E-state index is 0.0111. The van der Waals surface area contributed by atoms with Crippen LogP contribution in [0.4, 0.5) is 0 Å². The first-order valence-electron chi connectivity index (χ1n) is 27.8. The second-order valence-corrected chi connectivity index (χ2v) is 21.3. The Bertz CT molecular complexity index is 1320. The van der Waals surface area contributed by atoms with Crippen LogP contribution in [0.3, 0.4) is 0 Å². The molecule has 0 aliphatic heterocycles. The van der Waals surface area contributed by atoms with Crippen molar-refractivity contribution in [3.8, 4) is 0 Å². The minimum atomic E-state index is -4.55. The van der Waals surface area contributed by atoms with Crippen LogP contribution >= 0.6 is 7.82 Å². The topological polar surface area (TPSA) is 108 Å². The average Bonchev–Trinajstić information content (AvgIpc) is 3.29. The van der Waals surface area contributed by atoms with E-state index in [2.05, 4.69) is 92.1 Å². The third kappa shape index (κ3) is 51.6. The standard InChI is InChI=1S/C58H107N2O6P/c1-6-8-10-12-14-15-16-17-18-19-20-21-22-23-24-25-26-27-28-29-30-31-32-33-34-35-36-37-38-39-40-41-42-43-44-45-46-48-50-52-58(62)59-56(57(61)51-49-47-13-11-9-7-2)55-66-67(63,64)65-54-53-60(3,4)5/h8,10,14-15,17-18,20-21,23-24,26-27,56-57,61H,6-7,9,11-13,16,19,22,25,28-55H2,1-5H3,(H-,59,62,63,64)/b10-8-,15-14-,18-17-,21-20-,24-23-,27-26-. The van der Waals surface area contributed by atoms with Gasteiger partial charge < -0.3 is 28.8 Å². The highest BCUT2D eigenvalue weighted by Gasteiger charge is 2.24. The Hall–Kier alpha value is -2.06. The number of unbranched alkanes of at least 4 members (excludes halogenated alkanes) is 25. The van der Waals surface area contributed by atoms with Crippen molar-refractivity contribution >= 4 is 13.7 Å². The summed E-state index contributed by atoms with van der Waals surface area (Å²) in [5.74, 6) is -0.169. The van der Waals surface area contributed by atoms with Gasteiger partial charge in [0.15, 0.2) is 0 Å². The van der Waals surface area contributed by atoms with Crippen LogP contribution in [0.1, 0.15) is 239 Å². The van der Waals surface area contributed by atoms with Crippen molar-refractivity contribution in [2.45, 2.75) is 251 Å². The number of nitrogens with one attached hydrogen (secondary N) is 1. The molecule has 3 atom stereocenters. The highest BCUT2D eigenvalue weighted by atomic mass is 31.2. The summed E-state index contributed by atoms with van der Waals surface area (Å²) >= 11 is 0. The van der Waals surface area contributed by atoms with Gasteiger partial charge in [-0.15, -0.1) is 0 Å². The van der Waals surface area contributed by atoms with Crippen LogP contribution in [-0.4, -0.2) is 68.5 Å². The van der Waals surface area contributed by atoms with E-state index in [1.807, 2.05) is 21.1 Å². The van der Waals surface area contributed by atoms with Crippen LogP contribution in [0.2, 0.25) is 0 Å². The Morgan fingerprint density at radius 1 is 0.537 bits per heavy atom. The van der Waals surface area contributed by atoms with Gasteiger partial charge in [0, 0.05) is 6.42 Å². The van der Waals surface area contributed by atoms with Gasteiger partial charge in [-0.25, -0.2) is 0 Å². The molecule has 2 N–H and O–H groups in total. The van der Waals surface area contributed by atoms with Crippen molar-refractivity contribution in [3.05, 3.63) is 72.9 Å². The summed E-state index contributed by atoms with van der Waals surface area (Å²) in [5, 5.41) is 13.8. The second kappa shape index (κ2) is 48.9. The van der Waals surface area contributed by atoms with Gasteiger partial charge in [-0.3, -0.25) is 9.36 Å². The molecule has 0 aromatic carbocycles. The molecule has 67 heavy (non-hydrogen) atoms. The first-order chi connectivity index (χ1) is 32.5. The van der Waals surface area contributed by atoms with Crippen LogP contribution in [0.15, 0.2) is 72.9 Å². The van der Waals surface area contributed by atoms with Gasteiger partial charge >= 0.3 is 0 Å². The fourth-order valence-corrected chi connectivity index (χ4v) is 8.59. The molecule has 0 bridgehead atoms. The molecule has 0 aromatic rings. The van der Waals surface area contributed by atoms with Crippen LogP contribution in [0, 0.1) is 0 Å². The molecule has 0 saturated carbocycles. The molecule has 0 saturated heterocycles. The first kappa shape index (κ1) is 64.9. The maximum atomic E-state index is 12.8. The maximum Gasteiger partial charge on any atom is 0.268 e. The monoisotopic (exact) mass is 959 g/mol. The highest BCUT2D eigenvalue weighted by Crippen LogP contribution is 2.38. The molecular weight excluding hydrogens is 852 g/mol. The molecule has 0 aliphatic carbocycles. The van der Waals surface area contributed by atoms with Crippen molar-refractivity contribution in [1.29, 1.82) is 0 Å². The molecule has 0 aliphatic rings. The molecule has 0 rings (SSSR count). The van der Waals surface area contributed by atoms with Crippen LogP contribution < -0.4 is 10.2 Å². The molecule has 0 fully saturated rings.